The summed E-state index contributed by atoms with van der Waals surface area (Å²) in [4.78, 5) is 11.7. The lowest BCUT2D eigenvalue weighted by atomic mass is 9.94. The van der Waals surface area contributed by atoms with Crippen LogP contribution in [0.25, 0.3) is 0 Å². The van der Waals surface area contributed by atoms with Gasteiger partial charge in [-0.05, 0) is 44.7 Å². The first kappa shape index (κ1) is 10.9. The summed E-state index contributed by atoms with van der Waals surface area (Å²) >= 11 is 0. The Labute approximate surface area is 92.0 Å². The van der Waals surface area contributed by atoms with Gasteiger partial charge in [0.25, 0.3) is 0 Å². The summed E-state index contributed by atoms with van der Waals surface area (Å²) in [7, 11) is 0. The molecule has 3 nitrogen and oxygen atoms in total. The minimum absolute atomic E-state index is 0.286. The first-order valence-electron chi connectivity index (χ1n) is 6.34. The molecule has 0 radical (unpaired) electrons. The monoisotopic (exact) mass is 210 g/mol. The largest absolute Gasteiger partial charge is 0.353 e. The molecule has 86 valence electrons. The molecule has 0 bridgehead atoms. The van der Waals surface area contributed by atoms with Gasteiger partial charge in [0.05, 0.1) is 0 Å². The maximum Gasteiger partial charge on any atom is 0.220 e. The number of carbonyl (C=O) groups excluding carboxylic acids is 1. The van der Waals surface area contributed by atoms with E-state index in [0.29, 0.717) is 12.0 Å². The SMILES string of the molecule is O=C(CC1CCNCC1)NC1CCCC1. The number of amides is 1. The van der Waals surface area contributed by atoms with Gasteiger partial charge in [0.1, 0.15) is 0 Å². The summed E-state index contributed by atoms with van der Waals surface area (Å²) in [6.07, 6.45) is 8.04. The Morgan fingerprint density at radius 3 is 2.47 bits per heavy atom. The van der Waals surface area contributed by atoms with Crippen LogP contribution in [0.3, 0.4) is 0 Å². The van der Waals surface area contributed by atoms with E-state index >= 15 is 0 Å². The molecular weight excluding hydrogens is 188 g/mol. The lowest BCUT2D eigenvalue weighted by molar-refractivity contribution is -0.122. The third kappa shape index (κ3) is 3.49. The van der Waals surface area contributed by atoms with Crippen LogP contribution in [0.5, 0.6) is 0 Å². The Morgan fingerprint density at radius 2 is 1.80 bits per heavy atom. The summed E-state index contributed by atoms with van der Waals surface area (Å²) in [6.45, 7) is 2.17. The van der Waals surface area contributed by atoms with Gasteiger partial charge in [0.15, 0.2) is 0 Å². The van der Waals surface area contributed by atoms with Crippen molar-refractivity contribution in [2.45, 2.75) is 51.0 Å². The highest BCUT2D eigenvalue weighted by Gasteiger charge is 2.20. The van der Waals surface area contributed by atoms with Gasteiger partial charge in [-0.3, -0.25) is 4.79 Å². The molecule has 15 heavy (non-hydrogen) atoms. The zero-order chi connectivity index (χ0) is 10.5. The molecule has 0 atom stereocenters. The van der Waals surface area contributed by atoms with Gasteiger partial charge in [-0.25, -0.2) is 0 Å². The summed E-state index contributed by atoms with van der Waals surface area (Å²) in [6, 6.07) is 0.485. The summed E-state index contributed by atoms with van der Waals surface area (Å²) in [5.41, 5.74) is 0. The lowest BCUT2D eigenvalue weighted by Gasteiger charge is -2.22. The Balaban J connectivity index is 1.66. The molecule has 0 aromatic heterocycles. The lowest BCUT2D eigenvalue weighted by Crippen LogP contribution is -2.36. The number of carbonyl (C=O) groups is 1. The number of piperidine rings is 1. The van der Waals surface area contributed by atoms with Crippen LogP contribution >= 0.6 is 0 Å². The molecule has 2 fully saturated rings. The van der Waals surface area contributed by atoms with Crippen LogP contribution in [0.4, 0.5) is 0 Å². The van der Waals surface area contributed by atoms with Crippen LogP contribution < -0.4 is 10.6 Å². The molecule has 1 heterocycles. The van der Waals surface area contributed by atoms with E-state index < -0.39 is 0 Å². The van der Waals surface area contributed by atoms with E-state index in [2.05, 4.69) is 10.6 Å². The molecule has 2 aliphatic rings. The van der Waals surface area contributed by atoms with Crippen molar-refractivity contribution in [2.75, 3.05) is 13.1 Å². The van der Waals surface area contributed by atoms with E-state index in [9.17, 15) is 4.79 Å². The van der Waals surface area contributed by atoms with Gasteiger partial charge in [-0.1, -0.05) is 12.8 Å². The van der Waals surface area contributed by atoms with Crippen molar-refractivity contribution >= 4 is 5.91 Å². The van der Waals surface area contributed by atoms with Gasteiger partial charge in [-0.15, -0.1) is 0 Å². The molecule has 1 aliphatic carbocycles. The van der Waals surface area contributed by atoms with Crippen LogP contribution in [0.1, 0.15) is 44.9 Å². The van der Waals surface area contributed by atoms with Crippen LogP contribution in [-0.2, 0) is 4.79 Å². The Morgan fingerprint density at radius 1 is 1.13 bits per heavy atom. The molecular formula is C12H22N2O. The molecule has 2 N–H and O–H groups in total. The fraction of sp³-hybridized carbons (Fsp3) is 0.917. The third-order valence-electron chi connectivity index (χ3n) is 3.65. The smallest absolute Gasteiger partial charge is 0.220 e. The van der Waals surface area contributed by atoms with Crippen LogP contribution in [0.15, 0.2) is 0 Å². The highest BCUT2D eigenvalue weighted by atomic mass is 16.1. The third-order valence-corrected chi connectivity index (χ3v) is 3.65. The number of hydrogen-bond donors (Lipinski definition) is 2. The molecule has 1 amide bonds. The van der Waals surface area contributed by atoms with Crippen molar-refractivity contribution in [1.82, 2.24) is 10.6 Å². The molecule has 1 aliphatic heterocycles. The molecule has 3 heteroatoms. The van der Waals surface area contributed by atoms with Crippen molar-refractivity contribution in [2.24, 2.45) is 5.92 Å². The first-order valence-corrected chi connectivity index (χ1v) is 6.34. The second kappa shape index (κ2) is 5.50. The van der Waals surface area contributed by atoms with Crippen molar-refractivity contribution in [1.29, 1.82) is 0 Å². The van der Waals surface area contributed by atoms with Gasteiger partial charge < -0.3 is 10.6 Å². The van der Waals surface area contributed by atoms with Crippen molar-refractivity contribution < 1.29 is 4.79 Å². The fourth-order valence-electron chi connectivity index (χ4n) is 2.70. The fourth-order valence-corrected chi connectivity index (χ4v) is 2.70. The minimum Gasteiger partial charge on any atom is -0.353 e. The van der Waals surface area contributed by atoms with E-state index in [0.717, 1.165) is 32.4 Å². The summed E-state index contributed by atoms with van der Waals surface area (Å²) in [5.74, 6) is 0.904. The van der Waals surface area contributed by atoms with Gasteiger partial charge in [-0.2, -0.15) is 0 Å². The number of hydrogen-bond acceptors (Lipinski definition) is 2. The van der Waals surface area contributed by atoms with E-state index in [4.69, 9.17) is 0 Å². The topological polar surface area (TPSA) is 41.1 Å². The maximum atomic E-state index is 11.7. The quantitative estimate of drug-likeness (QED) is 0.740. The zero-order valence-corrected chi connectivity index (χ0v) is 9.43. The molecule has 0 unspecified atom stereocenters. The van der Waals surface area contributed by atoms with Gasteiger partial charge >= 0.3 is 0 Å². The first-order chi connectivity index (χ1) is 7.34. The summed E-state index contributed by atoms with van der Waals surface area (Å²) in [5, 5.41) is 6.50. The predicted molar refractivity (Wildman–Crippen MR) is 60.6 cm³/mol. The van der Waals surface area contributed by atoms with E-state index in [-0.39, 0.29) is 5.91 Å². The number of nitrogens with one attached hydrogen (secondary N) is 2. The normalized spacial score (nSPS) is 24.3. The van der Waals surface area contributed by atoms with Crippen LogP contribution in [0, 0.1) is 5.92 Å². The van der Waals surface area contributed by atoms with Crippen molar-refractivity contribution in [3.63, 3.8) is 0 Å². The zero-order valence-electron chi connectivity index (χ0n) is 9.43. The minimum atomic E-state index is 0.286. The molecule has 0 aromatic carbocycles. The highest BCUT2D eigenvalue weighted by Crippen LogP contribution is 2.19. The van der Waals surface area contributed by atoms with Gasteiger partial charge in [0, 0.05) is 12.5 Å². The maximum absolute atomic E-state index is 11.7. The van der Waals surface area contributed by atoms with E-state index in [1.165, 1.54) is 25.7 Å². The highest BCUT2D eigenvalue weighted by molar-refractivity contribution is 5.76. The van der Waals surface area contributed by atoms with Gasteiger partial charge in [0.2, 0.25) is 5.91 Å². The van der Waals surface area contributed by atoms with E-state index in [1.807, 2.05) is 0 Å². The van der Waals surface area contributed by atoms with Crippen LogP contribution in [-0.4, -0.2) is 25.0 Å². The standard InChI is InChI=1S/C12H22N2O/c15-12(14-11-3-1-2-4-11)9-10-5-7-13-8-6-10/h10-11,13H,1-9H2,(H,14,15). The number of rotatable bonds is 3. The average molecular weight is 210 g/mol. The molecule has 0 aromatic rings. The molecule has 1 saturated heterocycles. The average Bonchev–Trinajstić information content (AvgIpc) is 2.71. The van der Waals surface area contributed by atoms with Crippen molar-refractivity contribution in [3.8, 4) is 0 Å². The molecule has 1 saturated carbocycles. The van der Waals surface area contributed by atoms with Crippen LogP contribution in [0.2, 0.25) is 0 Å². The molecule has 0 spiro atoms. The summed E-state index contributed by atoms with van der Waals surface area (Å²) < 4.78 is 0. The Bertz CT molecular complexity index is 206. The second-order valence-corrected chi connectivity index (χ2v) is 4.95. The second-order valence-electron chi connectivity index (χ2n) is 4.95. The molecule has 2 rings (SSSR count). The Kier molecular flexibility index (Phi) is 4.01. The Hall–Kier alpha value is -0.570. The van der Waals surface area contributed by atoms with Crippen molar-refractivity contribution in [3.05, 3.63) is 0 Å². The van der Waals surface area contributed by atoms with E-state index in [1.54, 1.807) is 0 Å². The predicted octanol–water partition coefficient (Wildman–Crippen LogP) is 1.43.